The Hall–Kier alpha value is -2.39. The zero-order valence-corrected chi connectivity index (χ0v) is 14.2. The van der Waals surface area contributed by atoms with Gasteiger partial charge in [0.2, 0.25) is 0 Å². The van der Waals surface area contributed by atoms with Gasteiger partial charge in [-0.1, -0.05) is 18.1 Å². The van der Waals surface area contributed by atoms with Crippen molar-refractivity contribution in [2.45, 2.75) is 25.8 Å². The van der Waals surface area contributed by atoms with Crippen molar-refractivity contribution in [2.75, 3.05) is 18.0 Å². The summed E-state index contributed by atoms with van der Waals surface area (Å²) in [4.78, 5) is 18.7. The summed E-state index contributed by atoms with van der Waals surface area (Å²) in [6.07, 6.45) is 1.71. The summed E-state index contributed by atoms with van der Waals surface area (Å²) in [5.41, 5.74) is 1.27. The van der Waals surface area contributed by atoms with Crippen LogP contribution in [0.3, 0.4) is 0 Å². The maximum Gasteiger partial charge on any atom is 0.296 e. The third-order valence-corrected chi connectivity index (χ3v) is 4.91. The molecule has 0 radical (unpaired) electrons. The molecule has 4 nitrogen and oxygen atoms in total. The molecular weight excluding hydrogens is 325 g/mol. The van der Waals surface area contributed by atoms with Crippen LogP contribution < -0.4 is 10.2 Å². The molecule has 0 aliphatic carbocycles. The number of piperidine rings is 1. The predicted octanol–water partition coefficient (Wildman–Crippen LogP) is 2.73. The molecule has 6 heteroatoms. The highest BCUT2D eigenvalue weighted by atomic mass is 32.1. The fourth-order valence-corrected chi connectivity index (χ4v) is 3.47. The molecule has 1 fully saturated rings. The Kier molecular flexibility index (Phi) is 5.11. The Bertz CT molecular complexity index is 785. The third kappa shape index (κ3) is 4.12. The van der Waals surface area contributed by atoms with E-state index in [1.165, 1.54) is 6.07 Å². The van der Waals surface area contributed by atoms with Crippen LogP contribution in [0.2, 0.25) is 0 Å². The highest BCUT2D eigenvalue weighted by Crippen LogP contribution is 2.23. The summed E-state index contributed by atoms with van der Waals surface area (Å²) < 4.78 is 13.5. The van der Waals surface area contributed by atoms with Gasteiger partial charge in [-0.3, -0.25) is 4.79 Å². The number of amides is 1. The molecule has 0 saturated carbocycles. The largest absolute Gasteiger partial charge is 0.348 e. The number of carbonyl (C=O) groups is 1. The maximum atomic E-state index is 13.5. The first-order valence-corrected chi connectivity index (χ1v) is 8.74. The molecule has 1 aromatic carbocycles. The van der Waals surface area contributed by atoms with Gasteiger partial charge in [0.05, 0.1) is 11.3 Å². The first kappa shape index (κ1) is 16.5. The highest BCUT2D eigenvalue weighted by Gasteiger charge is 2.21. The van der Waals surface area contributed by atoms with Gasteiger partial charge in [-0.05, 0) is 31.9 Å². The highest BCUT2D eigenvalue weighted by molar-refractivity contribution is 7.13. The Morgan fingerprint density at radius 2 is 2.12 bits per heavy atom. The number of anilines is 1. The number of nitrogens with zero attached hydrogens (tertiary/aromatic N) is 2. The van der Waals surface area contributed by atoms with E-state index in [0.29, 0.717) is 0 Å². The zero-order chi connectivity index (χ0) is 16.9. The minimum atomic E-state index is -0.412. The van der Waals surface area contributed by atoms with E-state index in [2.05, 4.69) is 27.0 Å². The van der Waals surface area contributed by atoms with Crippen LogP contribution in [-0.4, -0.2) is 30.0 Å². The van der Waals surface area contributed by atoms with Gasteiger partial charge in [0.25, 0.3) is 5.91 Å². The lowest BCUT2D eigenvalue weighted by atomic mass is 10.1. The van der Waals surface area contributed by atoms with Crippen LogP contribution in [-0.2, 0) is 4.79 Å². The minimum Gasteiger partial charge on any atom is -0.348 e. The van der Waals surface area contributed by atoms with Gasteiger partial charge in [-0.15, -0.1) is 11.3 Å². The Balaban J connectivity index is 1.51. The quantitative estimate of drug-likeness (QED) is 0.853. The first-order valence-electron chi connectivity index (χ1n) is 7.86. The van der Waals surface area contributed by atoms with Gasteiger partial charge in [-0.2, -0.15) is 0 Å². The van der Waals surface area contributed by atoms with Gasteiger partial charge in [0, 0.05) is 30.4 Å². The van der Waals surface area contributed by atoms with E-state index in [0.717, 1.165) is 36.8 Å². The van der Waals surface area contributed by atoms with Crippen molar-refractivity contribution >= 4 is 22.4 Å². The lowest BCUT2D eigenvalue weighted by Crippen LogP contribution is -2.44. The smallest absolute Gasteiger partial charge is 0.296 e. The normalized spacial score (nSPS) is 14.8. The lowest BCUT2D eigenvalue weighted by Gasteiger charge is -2.31. The molecule has 1 amide bonds. The lowest BCUT2D eigenvalue weighted by molar-refractivity contribution is -0.116. The molecule has 2 heterocycles. The van der Waals surface area contributed by atoms with Gasteiger partial charge in [0.1, 0.15) is 5.82 Å². The van der Waals surface area contributed by atoms with Crippen molar-refractivity contribution in [2.24, 2.45) is 0 Å². The van der Waals surface area contributed by atoms with Crippen LogP contribution in [0.4, 0.5) is 9.52 Å². The molecule has 1 N–H and O–H groups in total. The third-order valence-electron chi connectivity index (χ3n) is 3.89. The molecule has 3 rings (SSSR count). The Morgan fingerprint density at radius 3 is 2.79 bits per heavy atom. The average Bonchev–Trinajstić information content (AvgIpc) is 3.01. The van der Waals surface area contributed by atoms with E-state index in [1.807, 2.05) is 12.3 Å². The fourth-order valence-electron chi connectivity index (χ4n) is 2.61. The summed E-state index contributed by atoms with van der Waals surface area (Å²) >= 11 is 1.65. The van der Waals surface area contributed by atoms with Crippen molar-refractivity contribution in [3.63, 3.8) is 0 Å². The van der Waals surface area contributed by atoms with E-state index in [1.54, 1.807) is 29.5 Å². The molecule has 124 valence electrons. The number of rotatable bonds is 2. The topological polar surface area (TPSA) is 45.2 Å². The Labute approximate surface area is 144 Å². The van der Waals surface area contributed by atoms with Crippen LogP contribution in [0.5, 0.6) is 0 Å². The zero-order valence-electron chi connectivity index (χ0n) is 13.4. The molecule has 2 aromatic rings. The number of aromatic nitrogens is 1. The number of nitrogens with one attached hydrogen (secondary N) is 1. The number of benzene rings is 1. The second kappa shape index (κ2) is 7.45. The van der Waals surface area contributed by atoms with Crippen LogP contribution in [0.15, 0.2) is 29.6 Å². The van der Waals surface area contributed by atoms with E-state index < -0.39 is 5.82 Å². The van der Waals surface area contributed by atoms with E-state index in [9.17, 15) is 9.18 Å². The molecule has 0 spiro atoms. The number of aryl methyl sites for hydroxylation is 1. The van der Waals surface area contributed by atoms with Crippen LogP contribution >= 0.6 is 11.3 Å². The van der Waals surface area contributed by atoms with Crippen LogP contribution in [0, 0.1) is 24.6 Å². The summed E-state index contributed by atoms with van der Waals surface area (Å²) in [7, 11) is 0. The molecule has 0 unspecified atom stereocenters. The number of hydrogen-bond donors (Lipinski definition) is 1. The number of hydrogen-bond acceptors (Lipinski definition) is 4. The molecule has 24 heavy (non-hydrogen) atoms. The number of halogens is 1. The van der Waals surface area contributed by atoms with E-state index in [-0.39, 0.29) is 17.5 Å². The van der Waals surface area contributed by atoms with Gasteiger partial charge in [0.15, 0.2) is 5.13 Å². The second-order valence-corrected chi connectivity index (χ2v) is 6.57. The van der Waals surface area contributed by atoms with Gasteiger partial charge >= 0.3 is 0 Å². The summed E-state index contributed by atoms with van der Waals surface area (Å²) in [5, 5.41) is 5.99. The van der Waals surface area contributed by atoms with Crippen molar-refractivity contribution < 1.29 is 9.18 Å². The summed E-state index contributed by atoms with van der Waals surface area (Å²) in [6.45, 7) is 3.71. The first-order chi connectivity index (χ1) is 11.6. The number of thiazole rings is 1. The predicted molar refractivity (Wildman–Crippen MR) is 93.5 cm³/mol. The van der Waals surface area contributed by atoms with Crippen LogP contribution in [0.25, 0.3) is 0 Å². The fraction of sp³-hybridized carbons (Fsp3) is 0.333. The van der Waals surface area contributed by atoms with E-state index >= 15 is 0 Å². The molecular formula is C18H18FN3OS. The number of carbonyl (C=O) groups excluding carboxylic acids is 1. The monoisotopic (exact) mass is 343 g/mol. The molecule has 1 aromatic heterocycles. The average molecular weight is 343 g/mol. The van der Waals surface area contributed by atoms with Gasteiger partial charge in [-0.25, -0.2) is 9.37 Å². The summed E-state index contributed by atoms with van der Waals surface area (Å²) in [6, 6.07) is 6.28. The van der Waals surface area contributed by atoms with Crippen molar-refractivity contribution in [1.29, 1.82) is 0 Å². The van der Waals surface area contributed by atoms with Crippen molar-refractivity contribution in [3.8, 4) is 11.8 Å². The van der Waals surface area contributed by atoms with Crippen molar-refractivity contribution in [1.82, 2.24) is 10.3 Å². The second-order valence-electron chi connectivity index (χ2n) is 5.74. The minimum absolute atomic E-state index is 0.102. The standard InChI is InChI=1S/C18H18FN3OS/c1-13-12-24-18(20-13)22-10-8-15(9-11-22)21-17(23)7-6-14-4-2-3-5-16(14)19/h2-5,12,15H,8-11H2,1H3,(H,21,23). The van der Waals surface area contributed by atoms with E-state index in [4.69, 9.17) is 0 Å². The Morgan fingerprint density at radius 1 is 1.38 bits per heavy atom. The van der Waals surface area contributed by atoms with Crippen molar-refractivity contribution in [3.05, 3.63) is 46.7 Å². The molecule has 1 aliphatic rings. The SMILES string of the molecule is Cc1csc(N2CCC(NC(=O)C#Cc3ccccc3F)CC2)n1. The molecule has 1 saturated heterocycles. The van der Waals surface area contributed by atoms with Gasteiger partial charge < -0.3 is 10.2 Å². The van der Waals surface area contributed by atoms with Crippen LogP contribution in [0.1, 0.15) is 24.1 Å². The summed E-state index contributed by atoms with van der Waals surface area (Å²) in [5.74, 6) is 4.28. The maximum absolute atomic E-state index is 13.5. The molecule has 1 aliphatic heterocycles. The molecule has 0 atom stereocenters. The molecule has 0 bridgehead atoms.